The molecule has 3 aliphatic rings. The molecular formula is C28H37N3O2. The number of hydrogen-bond donors (Lipinski definition) is 0. The Morgan fingerprint density at radius 2 is 1.64 bits per heavy atom. The molecule has 2 amide bonds. The molecule has 3 fully saturated rings. The van der Waals surface area contributed by atoms with E-state index in [2.05, 4.69) is 71.3 Å². The van der Waals surface area contributed by atoms with Crippen LogP contribution in [0.1, 0.15) is 49.7 Å². The van der Waals surface area contributed by atoms with E-state index >= 15 is 0 Å². The molecule has 5 nitrogen and oxygen atoms in total. The lowest BCUT2D eigenvalue weighted by Gasteiger charge is -2.51. The van der Waals surface area contributed by atoms with E-state index in [1.807, 2.05) is 12.1 Å². The maximum Gasteiger partial charge on any atom is 0.320 e. The molecule has 2 saturated carbocycles. The molecule has 176 valence electrons. The van der Waals surface area contributed by atoms with Crippen LogP contribution in [-0.4, -0.2) is 60.6 Å². The predicted molar refractivity (Wildman–Crippen MR) is 131 cm³/mol. The van der Waals surface area contributed by atoms with Crippen molar-refractivity contribution in [3.8, 4) is 5.75 Å². The molecule has 1 saturated heterocycles. The topological polar surface area (TPSA) is 36.0 Å². The van der Waals surface area contributed by atoms with Crippen LogP contribution in [0.15, 0.2) is 54.6 Å². The fourth-order valence-electron chi connectivity index (χ4n) is 6.09. The molecule has 2 aromatic carbocycles. The number of hydrogen-bond acceptors (Lipinski definition) is 3. The lowest BCUT2D eigenvalue weighted by atomic mass is 9.68. The van der Waals surface area contributed by atoms with Gasteiger partial charge in [-0.1, -0.05) is 42.5 Å². The average Bonchev–Trinajstić information content (AvgIpc) is 3.63. The Kier molecular flexibility index (Phi) is 5.86. The maximum atomic E-state index is 13.7. The van der Waals surface area contributed by atoms with Gasteiger partial charge in [0.05, 0.1) is 12.6 Å². The van der Waals surface area contributed by atoms with Gasteiger partial charge in [0.15, 0.2) is 0 Å². The average molecular weight is 448 g/mol. The minimum absolute atomic E-state index is 0.0412. The van der Waals surface area contributed by atoms with Crippen LogP contribution >= 0.6 is 0 Å². The number of rotatable bonds is 7. The molecule has 0 atom stereocenters. The van der Waals surface area contributed by atoms with Crippen molar-refractivity contribution in [2.45, 2.75) is 56.1 Å². The Balaban J connectivity index is 1.38. The number of benzene rings is 2. The number of ether oxygens (including phenoxy) is 1. The summed E-state index contributed by atoms with van der Waals surface area (Å²) in [4.78, 5) is 20.4. The molecule has 0 N–H and O–H groups in total. The van der Waals surface area contributed by atoms with E-state index in [-0.39, 0.29) is 17.1 Å². The van der Waals surface area contributed by atoms with Gasteiger partial charge in [-0.2, -0.15) is 0 Å². The van der Waals surface area contributed by atoms with Crippen molar-refractivity contribution in [3.05, 3.63) is 65.7 Å². The molecule has 0 unspecified atom stereocenters. The highest BCUT2D eigenvalue weighted by molar-refractivity contribution is 5.78. The smallest absolute Gasteiger partial charge is 0.320 e. The van der Waals surface area contributed by atoms with Gasteiger partial charge in [0.2, 0.25) is 0 Å². The van der Waals surface area contributed by atoms with Crippen molar-refractivity contribution in [1.82, 2.24) is 14.7 Å². The van der Waals surface area contributed by atoms with E-state index in [1.165, 1.54) is 18.4 Å². The van der Waals surface area contributed by atoms with Gasteiger partial charge in [0.1, 0.15) is 5.75 Å². The van der Waals surface area contributed by atoms with Crippen LogP contribution in [0.3, 0.4) is 0 Å². The third-order valence-electron chi connectivity index (χ3n) is 8.40. The largest absolute Gasteiger partial charge is 0.497 e. The minimum Gasteiger partial charge on any atom is -0.497 e. The summed E-state index contributed by atoms with van der Waals surface area (Å²) in [7, 11) is 6.11. The highest BCUT2D eigenvalue weighted by Crippen LogP contribution is 2.50. The zero-order valence-electron chi connectivity index (χ0n) is 20.3. The molecule has 2 aromatic rings. The first kappa shape index (κ1) is 22.3. The molecule has 2 aliphatic carbocycles. The standard InChI is InChI=1S/C28H37N3O2/c1-29(2)28(24-7-5-4-6-8-24)17-15-27(16-18-28)21-30(26(32)31(27)20-23-9-10-23)19-22-11-13-25(33-3)14-12-22/h4-8,11-14,23H,9-10,15-21H2,1-3H3. The molecule has 33 heavy (non-hydrogen) atoms. The van der Waals surface area contributed by atoms with Crippen LogP contribution in [0.5, 0.6) is 5.75 Å². The van der Waals surface area contributed by atoms with Crippen LogP contribution < -0.4 is 4.74 Å². The summed E-state index contributed by atoms with van der Waals surface area (Å²) in [6, 6.07) is 19.3. The molecule has 5 heteroatoms. The van der Waals surface area contributed by atoms with E-state index < -0.39 is 0 Å². The van der Waals surface area contributed by atoms with E-state index in [9.17, 15) is 4.79 Å². The third kappa shape index (κ3) is 4.12. The zero-order chi connectivity index (χ0) is 23.1. The molecule has 1 aliphatic heterocycles. The number of carbonyl (C=O) groups is 1. The Labute approximate surface area is 198 Å². The second kappa shape index (κ2) is 8.68. The van der Waals surface area contributed by atoms with Gasteiger partial charge in [0, 0.05) is 25.2 Å². The van der Waals surface area contributed by atoms with Crippen molar-refractivity contribution in [2.75, 3.05) is 34.3 Å². The summed E-state index contributed by atoms with van der Waals surface area (Å²) in [5.41, 5.74) is 2.57. The molecule has 1 spiro atoms. The predicted octanol–water partition coefficient (Wildman–Crippen LogP) is 5.11. The first-order chi connectivity index (χ1) is 16.0. The number of carbonyl (C=O) groups excluding carboxylic acids is 1. The van der Waals surface area contributed by atoms with Gasteiger partial charge in [-0.3, -0.25) is 4.90 Å². The van der Waals surface area contributed by atoms with Crippen molar-refractivity contribution in [3.63, 3.8) is 0 Å². The zero-order valence-corrected chi connectivity index (χ0v) is 20.3. The summed E-state index contributed by atoms with van der Waals surface area (Å²) in [6.07, 6.45) is 6.80. The second-order valence-corrected chi connectivity index (χ2v) is 10.6. The number of amides is 2. The van der Waals surface area contributed by atoms with Crippen LogP contribution in [0, 0.1) is 5.92 Å². The molecule has 0 bridgehead atoms. The SMILES string of the molecule is COc1ccc(CN2CC3(CCC(c4ccccc4)(N(C)C)CC3)N(CC3CC3)C2=O)cc1. The van der Waals surface area contributed by atoms with E-state index in [0.717, 1.165) is 50.1 Å². The monoisotopic (exact) mass is 447 g/mol. The highest BCUT2D eigenvalue weighted by atomic mass is 16.5. The fraction of sp³-hybridized carbons (Fsp3) is 0.536. The Morgan fingerprint density at radius 3 is 2.21 bits per heavy atom. The number of nitrogens with zero attached hydrogens (tertiary/aromatic N) is 3. The third-order valence-corrected chi connectivity index (χ3v) is 8.40. The van der Waals surface area contributed by atoms with Crippen LogP contribution in [0.4, 0.5) is 4.79 Å². The lowest BCUT2D eigenvalue weighted by molar-refractivity contribution is 0.0232. The summed E-state index contributed by atoms with van der Waals surface area (Å²) in [6.45, 7) is 2.43. The van der Waals surface area contributed by atoms with Gasteiger partial charge in [-0.05, 0) is 81.8 Å². The van der Waals surface area contributed by atoms with Crippen molar-refractivity contribution in [2.24, 2.45) is 5.92 Å². The highest BCUT2D eigenvalue weighted by Gasteiger charge is 2.55. The fourth-order valence-corrected chi connectivity index (χ4v) is 6.09. The van der Waals surface area contributed by atoms with E-state index in [1.54, 1.807) is 7.11 Å². The normalized spacial score (nSPS) is 27.6. The van der Waals surface area contributed by atoms with Gasteiger partial charge in [-0.15, -0.1) is 0 Å². The van der Waals surface area contributed by atoms with Crippen molar-refractivity contribution >= 4 is 6.03 Å². The Bertz CT molecular complexity index is 960. The van der Waals surface area contributed by atoms with Gasteiger partial charge in [0.25, 0.3) is 0 Å². The molecule has 0 aromatic heterocycles. The molecule has 5 rings (SSSR count). The molecular weight excluding hydrogens is 410 g/mol. The minimum atomic E-state index is -0.0412. The van der Waals surface area contributed by atoms with Gasteiger partial charge in [-0.25, -0.2) is 4.79 Å². The first-order valence-corrected chi connectivity index (χ1v) is 12.4. The lowest BCUT2D eigenvalue weighted by Crippen LogP contribution is -2.55. The summed E-state index contributed by atoms with van der Waals surface area (Å²) >= 11 is 0. The maximum absolute atomic E-state index is 13.7. The quantitative estimate of drug-likeness (QED) is 0.592. The Morgan fingerprint density at radius 1 is 0.970 bits per heavy atom. The van der Waals surface area contributed by atoms with Crippen molar-refractivity contribution < 1.29 is 9.53 Å². The van der Waals surface area contributed by atoms with Crippen molar-refractivity contribution in [1.29, 1.82) is 0 Å². The van der Waals surface area contributed by atoms with Crippen LogP contribution in [0.25, 0.3) is 0 Å². The Hall–Kier alpha value is -2.53. The summed E-state index contributed by atoms with van der Waals surface area (Å²) in [5, 5.41) is 0. The van der Waals surface area contributed by atoms with Crippen LogP contribution in [0.2, 0.25) is 0 Å². The van der Waals surface area contributed by atoms with Gasteiger partial charge < -0.3 is 14.5 Å². The molecule has 0 radical (unpaired) electrons. The molecule has 1 heterocycles. The van der Waals surface area contributed by atoms with Gasteiger partial charge >= 0.3 is 6.03 Å². The second-order valence-electron chi connectivity index (χ2n) is 10.6. The summed E-state index contributed by atoms with van der Waals surface area (Å²) in [5.74, 6) is 1.55. The van der Waals surface area contributed by atoms with E-state index in [4.69, 9.17) is 4.74 Å². The van der Waals surface area contributed by atoms with Crippen LogP contribution in [-0.2, 0) is 12.1 Å². The van der Waals surface area contributed by atoms with E-state index in [0.29, 0.717) is 12.5 Å². The number of urea groups is 1. The first-order valence-electron chi connectivity index (χ1n) is 12.4. The summed E-state index contributed by atoms with van der Waals surface area (Å²) < 4.78 is 5.30. The number of methoxy groups -OCH3 is 1.